The van der Waals surface area contributed by atoms with Gasteiger partial charge in [-0.25, -0.2) is 9.50 Å². The molecule has 0 fully saturated rings. The molecule has 3 heterocycles. The molecule has 0 aliphatic heterocycles. The molecule has 3 aromatic heterocycles. The first-order valence-electron chi connectivity index (χ1n) is 7.84. The summed E-state index contributed by atoms with van der Waals surface area (Å²) in [5.41, 5.74) is 1.89. The Morgan fingerprint density at radius 3 is 2.76 bits per heavy atom. The van der Waals surface area contributed by atoms with Crippen LogP contribution >= 0.6 is 22.9 Å². The van der Waals surface area contributed by atoms with Crippen molar-refractivity contribution in [2.45, 2.75) is 26.4 Å². The van der Waals surface area contributed by atoms with Crippen molar-refractivity contribution < 1.29 is 0 Å². The Morgan fingerprint density at radius 2 is 2.04 bits per heavy atom. The van der Waals surface area contributed by atoms with E-state index in [2.05, 4.69) is 39.4 Å². The molecule has 1 aromatic carbocycles. The van der Waals surface area contributed by atoms with Crippen molar-refractivity contribution in [2.75, 3.05) is 5.32 Å². The number of halogens is 1. The van der Waals surface area contributed by atoms with Crippen LogP contribution in [-0.2, 0) is 6.54 Å². The number of hydrogen-bond donors (Lipinski definition) is 1. The molecule has 128 valence electrons. The van der Waals surface area contributed by atoms with Crippen molar-refractivity contribution in [3.8, 4) is 11.3 Å². The summed E-state index contributed by atoms with van der Waals surface area (Å²) < 4.78 is 3.81. The number of nitrogens with one attached hydrogen (secondary N) is 1. The average molecular weight is 374 g/mol. The molecule has 0 aliphatic carbocycles. The van der Waals surface area contributed by atoms with E-state index in [1.54, 1.807) is 10.8 Å². The second kappa shape index (κ2) is 6.45. The summed E-state index contributed by atoms with van der Waals surface area (Å²) in [5.74, 6) is 0.879. The van der Waals surface area contributed by atoms with Gasteiger partial charge >= 0.3 is 0 Å². The highest BCUT2D eigenvalue weighted by atomic mass is 35.5. The third kappa shape index (κ3) is 3.22. The molecule has 1 N–H and O–H groups in total. The number of anilines is 1. The minimum Gasteiger partial charge on any atom is -0.353 e. The Labute approximate surface area is 153 Å². The van der Waals surface area contributed by atoms with Gasteiger partial charge in [0.25, 0.3) is 0 Å². The third-order valence-electron chi connectivity index (χ3n) is 3.78. The van der Waals surface area contributed by atoms with Crippen LogP contribution in [0.5, 0.6) is 0 Å². The third-order valence-corrected chi connectivity index (χ3v) is 4.92. The van der Waals surface area contributed by atoms with Gasteiger partial charge in [-0.2, -0.15) is 0 Å². The van der Waals surface area contributed by atoms with Gasteiger partial charge in [0.1, 0.15) is 6.33 Å². The Hall–Kier alpha value is -2.45. The fraction of sp³-hybridized carbons (Fsp3) is 0.250. The minimum atomic E-state index is 0.322. The van der Waals surface area contributed by atoms with E-state index >= 15 is 0 Å². The molecule has 0 spiro atoms. The summed E-state index contributed by atoms with van der Waals surface area (Å²) in [6.45, 7) is 4.77. The lowest BCUT2D eigenvalue weighted by Gasteiger charge is -2.09. The van der Waals surface area contributed by atoms with E-state index in [1.807, 2.05) is 35.0 Å². The first-order chi connectivity index (χ1) is 12.1. The van der Waals surface area contributed by atoms with Crippen LogP contribution in [0.15, 0.2) is 36.8 Å². The van der Waals surface area contributed by atoms with Gasteiger partial charge in [0.15, 0.2) is 5.82 Å². The molecule has 0 radical (unpaired) electrons. The van der Waals surface area contributed by atoms with E-state index in [0.717, 1.165) is 27.2 Å². The van der Waals surface area contributed by atoms with Crippen LogP contribution in [0, 0.1) is 0 Å². The SMILES string of the molecule is CC(C)n1cnnc1CNc1nn2cc(-c3ccc(Cl)cc3)nc2s1. The first-order valence-corrected chi connectivity index (χ1v) is 9.04. The molecule has 7 nitrogen and oxygen atoms in total. The molecule has 0 aliphatic rings. The molecule has 9 heteroatoms. The number of hydrogen-bond acceptors (Lipinski definition) is 6. The van der Waals surface area contributed by atoms with E-state index in [9.17, 15) is 0 Å². The Bertz CT molecular complexity index is 968. The summed E-state index contributed by atoms with van der Waals surface area (Å²) in [4.78, 5) is 5.46. The predicted octanol–water partition coefficient (Wildman–Crippen LogP) is 3.90. The van der Waals surface area contributed by atoms with Crippen LogP contribution in [-0.4, -0.2) is 29.4 Å². The molecular formula is C16H16ClN7S. The van der Waals surface area contributed by atoms with Crippen LogP contribution in [0.3, 0.4) is 0 Å². The summed E-state index contributed by atoms with van der Waals surface area (Å²) in [7, 11) is 0. The predicted molar refractivity (Wildman–Crippen MR) is 99.0 cm³/mol. The minimum absolute atomic E-state index is 0.322. The van der Waals surface area contributed by atoms with Gasteiger partial charge in [0.05, 0.1) is 18.4 Å². The van der Waals surface area contributed by atoms with Crippen molar-refractivity contribution in [1.82, 2.24) is 29.4 Å². The lowest BCUT2D eigenvalue weighted by Crippen LogP contribution is -2.10. The standard InChI is InChI=1S/C16H16ClN7S/c1-10(2)23-9-19-21-14(23)7-18-15-22-24-8-13(20-16(24)25-15)11-3-5-12(17)6-4-11/h3-6,8-10H,7H2,1-2H3,(H,18,22). The van der Waals surface area contributed by atoms with Crippen molar-refractivity contribution in [3.05, 3.63) is 47.6 Å². The van der Waals surface area contributed by atoms with Crippen LogP contribution in [0.25, 0.3) is 16.2 Å². The summed E-state index contributed by atoms with van der Waals surface area (Å²) >= 11 is 7.43. The Morgan fingerprint density at radius 1 is 1.24 bits per heavy atom. The van der Waals surface area contributed by atoms with Gasteiger partial charge in [0.2, 0.25) is 10.1 Å². The fourth-order valence-corrected chi connectivity index (χ4v) is 3.41. The largest absolute Gasteiger partial charge is 0.353 e. The molecule has 4 rings (SSSR count). The smallest absolute Gasteiger partial charge is 0.214 e. The molecular weight excluding hydrogens is 358 g/mol. The molecule has 0 saturated carbocycles. The van der Waals surface area contributed by atoms with Crippen LogP contribution in [0.2, 0.25) is 5.02 Å². The zero-order valence-electron chi connectivity index (χ0n) is 13.7. The number of imidazole rings is 1. The van der Waals surface area contributed by atoms with Gasteiger partial charge < -0.3 is 9.88 Å². The van der Waals surface area contributed by atoms with Crippen molar-refractivity contribution in [2.24, 2.45) is 0 Å². The first kappa shape index (κ1) is 16.0. The quantitative estimate of drug-likeness (QED) is 0.574. The Balaban J connectivity index is 1.51. The molecule has 25 heavy (non-hydrogen) atoms. The zero-order chi connectivity index (χ0) is 17.4. The van der Waals surface area contributed by atoms with Gasteiger partial charge in [-0.05, 0) is 26.0 Å². The van der Waals surface area contributed by atoms with Gasteiger partial charge in [-0.3, -0.25) is 0 Å². The molecule has 0 amide bonds. The van der Waals surface area contributed by atoms with Crippen LogP contribution in [0.1, 0.15) is 25.7 Å². The molecule has 0 atom stereocenters. The van der Waals surface area contributed by atoms with Crippen LogP contribution in [0.4, 0.5) is 5.13 Å². The lowest BCUT2D eigenvalue weighted by molar-refractivity contribution is 0.572. The lowest BCUT2D eigenvalue weighted by atomic mass is 10.2. The van der Waals surface area contributed by atoms with Gasteiger partial charge in [0, 0.05) is 16.6 Å². The fourth-order valence-electron chi connectivity index (χ4n) is 2.51. The number of rotatable bonds is 5. The van der Waals surface area contributed by atoms with E-state index in [-0.39, 0.29) is 0 Å². The number of aromatic nitrogens is 6. The maximum atomic E-state index is 5.93. The van der Waals surface area contributed by atoms with Crippen molar-refractivity contribution in [1.29, 1.82) is 0 Å². The topological polar surface area (TPSA) is 72.9 Å². The Kier molecular flexibility index (Phi) is 4.14. The van der Waals surface area contributed by atoms with Crippen molar-refractivity contribution >= 4 is 33.0 Å². The highest BCUT2D eigenvalue weighted by molar-refractivity contribution is 7.20. The molecule has 0 saturated heterocycles. The molecule has 0 bridgehead atoms. The van der Waals surface area contributed by atoms with Crippen LogP contribution < -0.4 is 5.32 Å². The van der Waals surface area contributed by atoms with E-state index in [1.165, 1.54) is 11.3 Å². The monoisotopic (exact) mass is 373 g/mol. The van der Waals surface area contributed by atoms with E-state index in [0.29, 0.717) is 17.6 Å². The maximum absolute atomic E-state index is 5.93. The molecule has 0 unspecified atom stereocenters. The summed E-state index contributed by atoms with van der Waals surface area (Å²) in [6.07, 6.45) is 3.66. The normalized spacial score (nSPS) is 11.5. The maximum Gasteiger partial charge on any atom is 0.214 e. The second-order valence-corrected chi connectivity index (χ2v) is 7.26. The van der Waals surface area contributed by atoms with Crippen molar-refractivity contribution in [3.63, 3.8) is 0 Å². The average Bonchev–Trinajstić information content (AvgIpc) is 3.27. The van der Waals surface area contributed by atoms with E-state index in [4.69, 9.17) is 11.6 Å². The van der Waals surface area contributed by atoms with Gasteiger partial charge in [-0.15, -0.1) is 15.3 Å². The zero-order valence-corrected chi connectivity index (χ0v) is 15.3. The van der Waals surface area contributed by atoms with Gasteiger partial charge in [-0.1, -0.05) is 35.1 Å². The number of benzene rings is 1. The number of nitrogens with zero attached hydrogens (tertiary/aromatic N) is 6. The highest BCUT2D eigenvalue weighted by Gasteiger charge is 2.11. The molecule has 4 aromatic rings. The van der Waals surface area contributed by atoms with E-state index < -0.39 is 0 Å². The highest BCUT2D eigenvalue weighted by Crippen LogP contribution is 2.25. The summed E-state index contributed by atoms with van der Waals surface area (Å²) in [5, 5.41) is 17.4. The number of fused-ring (bicyclic) bond motifs is 1. The summed E-state index contributed by atoms with van der Waals surface area (Å²) in [6, 6.07) is 7.94. The second-order valence-electron chi connectivity index (χ2n) is 5.87.